The topological polar surface area (TPSA) is 20.3 Å². The molecule has 2 nitrogen and oxygen atoms in total. The van der Waals surface area contributed by atoms with Crippen molar-refractivity contribution in [1.29, 1.82) is 0 Å². The molecule has 0 radical (unpaired) electrons. The molecule has 1 aliphatic rings. The maximum absolute atomic E-state index is 12.4. The summed E-state index contributed by atoms with van der Waals surface area (Å²) in [7, 11) is 0. The number of aryl methyl sites for hydroxylation is 1. The Morgan fingerprint density at radius 3 is 2.44 bits per heavy atom. The quantitative estimate of drug-likeness (QED) is 0.584. The number of hydrogen-bond acceptors (Lipinski definition) is 2. The van der Waals surface area contributed by atoms with Gasteiger partial charge < -0.3 is 4.79 Å². The van der Waals surface area contributed by atoms with Crippen molar-refractivity contribution in [2.45, 2.75) is 44.1 Å². The van der Waals surface area contributed by atoms with Crippen LogP contribution in [0.25, 0.3) is 0 Å². The lowest BCUT2D eigenvalue weighted by atomic mass is 9.82. The Balaban J connectivity index is 1.79. The summed E-state index contributed by atoms with van der Waals surface area (Å²) in [6.45, 7) is 2.04. The SMILES string of the molecule is O=C[C@](CCCc1cccc(Br)c1)(c1ccccc1)N1CCCCC1. The molecule has 2 aromatic carbocycles. The maximum atomic E-state index is 12.4. The van der Waals surface area contributed by atoms with E-state index in [1.54, 1.807) is 0 Å². The summed E-state index contributed by atoms with van der Waals surface area (Å²) in [6.07, 6.45) is 7.72. The number of likely N-dealkylation sites (tertiary alicyclic amines) is 1. The first-order chi connectivity index (χ1) is 12.2. The second kappa shape index (κ2) is 8.77. The van der Waals surface area contributed by atoms with E-state index in [0.717, 1.165) is 42.4 Å². The molecule has 0 N–H and O–H groups in total. The molecule has 1 fully saturated rings. The summed E-state index contributed by atoms with van der Waals surface area (Å²) in [6, 6.07) is 18.8. The van der Waals surface area contributed by atoms with Crippen molar-refractivity contribution >= 4 is 22.2 Å². The molecule has 1 heterocycles. The van der Waals surface area contributed by atoms with E-state index >= 15 is 0 Å². The average Bonchev–Trinajstić information content (AvgIpc) is 2.67. The van der Waals surface area contributed by atoms with Gasteiger partial charge in [-0.05, 0) is 68.5 Å². The van der Waals surface area contributed by atoms with Crippen LogP contribution >= 0.6 is 15.9 Å². The average molecular weight is 400 g/mol. The number of aldehydes is 1. The van der Waals surface area contributed by atoms with E-state index in [1.807, 2.05) is 18.2 Å². The molecule has 0 unspecified atom stereocenters. The molecular weight excluding hydrogens is 374 g/mol. The van der Waals surface area contributed by atoms with Crippen molar-refractivity contribution in [3.8, 4) is 0 Å². The van der Waals surface area contributed by atoms with Crippen LogP contribution in [-0.2, 0) is 16.8 Å². The van der Waals surface area contributed by atoms with Gasteiger partial charge in [0, 0.05) is 4.47 Å². The number of carbonyl (C=O) groups is 1. The van der Waals surface area contributed by atoms with Gasteiger partial charge in [-0.25, -0.2) is 0 Å². The van der Waals surface area contributed by atoms with Gasteiger partial charge in [-0.15, -0.1) is 0 Å². The maximum Gasteiger partial charge on any atom is 0.144 e. The van der Waals surface area contributed by atoms with Gasteiger partial charge in [-0.3, -0.25) is 4.90 Å². The van der Waals surface area contributed by atoms with E-state index in [9.17, 15) is 4.79 Å². The lowest BCUT2D eigenvalue weighted by molar-refractivity contribution is -0.120. The van der Waals surface area contributed by atoms with Gasteiger partial charge in [0.05, 0.1) is 0 Å². The Morgan fingerprint density at radius 1 is 1.00 bits per heavy atom. The predicted octanol–water partition coefficient (Wildman–Crippen LogP) is 5.35. The molecule has 0 amide bonds. The lowest BCUT2D eigenvalue weighted by Gasteiger charge is -2.42. The second-order valence-electron chi connectivity index (χ2n) is 6.94. The minimum Gasteiger partial charge on any atom is -0.301 e. The highest BCUT2D eigenvalue weighted by Gasteiger charge is 2.38. The largest absolute Gasteiger partial charge is 0.301 e. The fourth-order valence-electron chi connectivity index (χ4n) is 3.96. The number of carbonyl (C=O) groups excluding carboxylic acids is 1. The van der Waals surface area contributed by atoms with E-state index in [4.69, 9.17) is 0 Å². The number of rotatable bonds is 7. The number of hydrogen-bond donors (Lipinski definition) is 0. The van der Waals surface area contributed by atoms with Crippen LogP contribution in [0.5, 0.6) is 0 Å². The van der Waals surface area contributed by atoms with Crippen LogP contribution in [0.3, 0.4) is 0 Å². The molecule has 3 heteroatoms. The summed E-state index contributed by atoms with van der Waals surface area (Å²) in [5.41, 5.74) is 1.98. The predicted molar refractivity (Wildman–Crippen MR) is 107 cm³/mol. The highest BCUT2D eigenvalue weighted by Crippen LogP contribution is 2.34. The summed E-state index contributed by atoms with van der Waals surface area (Å²) in [5, 5.41) is 0. The third-order valence-electron chi connectivity index (χ3n) is 5.30. The number of halogens is 1. The standard InChI is InChI=1S/C22H26BrNO/c23-21-13-7-9-19(17-21)10-8-14-22(18-25,20-11-3-1-4-12-20)24-15-5-2-6-16-24/h1,3-4,7,9,11-13,17-18H,2,5-6,8,10,14-16H2/t22-/m1/s1. The summed E-state index contributed by atoms with van der Waals surface area (Å²) < 4.78 is 1.12. The van der Waals surface area contributed by atoms with E-state index in [2.05, 4.69) is 57.2 Å². The van der Waals surface area contributed by atoms with Gasteiger partial charge in [-0.1, -0.05) is 64.8 Å². The van der Waals surface area contributed by atoms with E-state index in [1.165, 1.54) is 31.1 Å². The zero-order valence-electron chi connectivity index (χ0n) is 14.7. The van der Waals surface area contributed by atoms with Crippen LogP contribution in [-0.4, -0.2) is 24.3 Å². The van der Waals surface area contributed by atoms with E-state index in [-0.39, 0.29) is 0 Å². The molecule has 0 spiro atoms. The molecule has 1 aliphatic heterocycles. The summed E-state index contributed by atoms with van der Waals surface area (Å²) in [5.74, 6) is 0. The molecule has 0 bridgehead atoms. The molecular formula is C22H26BrNO. The third-order valence-corrected chi connectivity index (χ3v) is 5.79. The van der Waals surface area contributed by atoms with Gasteiger partial charge in [0.25, 0.3) is 0 Å². The number of nitrogens with zero attached hydrogens (tertiary/aromatic N) is 1. The highest BCUT2D eigenvalue weighted by molar-refractivity contribution is 9.10. The van der Waals surface area contributed by atoms with Crippen molar-refractivity contribution in [2.75, 3.05) is 13.1 Å². The molecule has 2 aromatic rings. The zero-order valence-corrected chi connectivity index (χ0v) is 16.2. The third kappa shape index (κ3) is 4.39. The first-order valence-electron chi connectivity index (χ1n) is 9.26. The van der Waals surface area contributed by atoms with Crippen LogP contribution in [0.15, 0.2) is 59.1 Å². The molecule has 1 atom stereocenters. The normalized spacial score (nSPS) is 17.8. The van der Waals surface area contributed by atoms with Crippen LogP contribution < -0.4 is 0 Å². The zero-order chi connectivity index (χ0) is 17.5. The highest BCUT2D eigenvalue weighted by atomic mass is 79.9. The van der Waals surface area contributed by atoms with Crippen LogP contribution in [0, 0.1) is 0 Å². The molecule has 1 saturated heterocycles. The van der Waals surface area contributed by atoms with Crippen molar-refractivity contribution < 1.29 is 4.79 Å². The Morgan fingerprint density at radius 2 is 1.76 bits per heavy atom. The van der Waals surface area contributed by atoms with Gasteiger partial charge in [0.1, 0.15) is 11.8 Å². The van der Waals surface area contributed by atoms with Gasteiger partial charge in [0.2, 0.25) is 0 Å². The van der Waals surface area contributed by atoms with Crippen LogP contribution in [0.2, 0.25) is 0 Å². The van der Waals surface area contributed by atoms with Crippen molar-refractivity contribution in [3.05, 3.63) is 70.2 Å². The number of piperidine rings is 1. The second-order valence-corrected chi connectivity index (χ2v) is 7.85. The molecule has 0 aliphatic carbocycles. The summed E-state index contributed by atoms with van der Waals surface area (Å²) >= 11 is 3.54. The minimum absolute atomic E-state index is 0.478. The molecule has 132 valence electrons. The number of benzene rings is 2. The molecule has 0 aromatic heterocycles. The van der Waals surface area contributed by atoms with Gasteiger partial charge in [-0.2, -0.15) is 0 Å². The summed E-state index contributed by atoms with van der Waals surface area (Å²) in [4.78, 5) is 14.8. The van der Waals surface area contributed by atoms with Gasteiger partial charge >= 0.3 is 0 Å². The Kier molecular flexibility index (Phi) is 6.44. The first-order valence-corrected chi connectivity index (χ1v) is 10.1. The Bertz CT molecular complexity index is 681. The first kappa shape index (κ1) is 18.3. The van der Waals surface area contributed by atoms with Crippen molar-refractivity contribution in [2.24, 2.45) is 0 Å². The van der Waals surface area contributed by atoms with E-state index < -0.39 is 5.54 Å². The van der Waals surface area contributed by atoms with Crippen LogP contribution in [0.4, 0.5) is 0 Å². The molecule has 0 saturated carbocycles. The van der Waals surface area contributed by atoms with E-state index in [0.29, 0.717) is 0 Å². The molecule has 3 rings (SSSR count). The lowest BCUT2D eigenvalue weighted by Crippen LogP contribution is -2.50. The van der Waals surface area contributed by atoms with Crippen LogP contribution in [0.1, 0.15) is 43.2 Å². The van der Waals surface area contributed by atoms with Gasteiger partial charge in [0.15, 0.2) is 0 Å². The molecule has 25 heavy (non-hydrogen) atoms. The Hall–Kier alpha value is -1.45. The minimum atomic E-state index is -0.478. The van der Waals surface area contributed by atoms with Crippen molar-refractivity contribution in [1.82, 2.24) is 4.90 Å². The fourth-order valence-corrected chi connectivity index (χ4v) is 4.41. The monoisotopic (exact) mass is 399 g/mol. The van der Waals surface area contributed by atoms with Crippen molar-refractivity contribution in [3.63, 3.8) is 0 Å². The smallest absolute Gasteiger partial charge is 0.144 e. The fraction of sp³-hybridized carbons (Fsp3) is 0.409. The Labute approximate surface area is 159 Å².